The molecule has 0 fully saturated rings. The van der Waals surface area contributed by atoms with Crippen molar-refractivity contribution >= 4 is 11.6 Å². The molecule has 0 aliphatic heterocycles. The van der Waals surface area contributed by atoms with Gasteiger partial charge in [-0.1, -0.05) is 0 Å². The smallest absolute Gasteiger partial charge is 0.272 e. The van der Waals surface area contributed by atoms with Crippen molar-refractivity contribution in [3.05, 3.63) is 24.0 Å². The predicted molar refractivity (Wildman–Crippen MR) is 71.8 cm³/mol. The number of nitriles is 1. The molecule has 0 unspecified atom stereocenters. The van der Waals surface area contributed by atoms with E-state index in [1.807, 2.05) is 6.07 Å². The molecule has 0 aliphatic rings. The summed E-state index contributed by atoms with van der Waals surface area (Å²) < 4.78 is 4.97. The van der Waals surface area contributed by atoms with E-state index in [0.29, 0.717) is 31.8 Å². The quantitative estimate of drug-likeness (QED) is 0.796. The van der Waals surface area contributed by atoms with Gasteiger partial charge in [0.25, 0.3) is 5.91 Å². The molecule has 19 heavy (non-hydrogen) atoms. The average Bonchev–Trinajstić information content (AvgIpc) is 2.47. The molecular formula is C13H18N4O2. The number of nitrogens with one attached hydrogen (secondary N) is 1. The van der Waals surface area contributed by atoms with Gasteiger partial charge in [-0.3, -0.25) is 9.78 Å². The third kappa shape index (κ3) is 4.56. The van der Waals surface area contributed by atoms with Crippen LogP contribution in [0, 0.1) is 11.3 Å². The number of hydrogen-bond acceptors (Lipinski definition) is 5. The topological polar surface area (TPSA) is 78.3 Å². The highest BCUT2D eigenvalue weighted by Gasteiger charge is 2.16. The Morgan fingerprint density at radius 1 is 1.58 bits per heavy atom. The molecule has 1 rings (SSSR count). The highest BCUT2D eigenvalue weighted by Crippen LogP contribution is 2.09. The monoisotopic (exact) mass is 262 g/mol. The summed E-state index contributed by atoms with van der Waals surface area (Å²) in [7, 11) is 3.36. The van der Waals surface area contributed by atoms with E-state index in [9.17, 15) is 4.79 Å². The Kier molecular flexibility index (Phi) is 6.33. The standard InChI is InChI=1S/C13H18N4O2/c1-15-11-4-6-16-12(10-11)13(18)17(7-3-5-14)8-9-19-2/h4,6,10H,3,7-9H2,1-2H3,(H,15,16). The van der Waals surface area contributed by atoms with Crippen LogP contribution in [0.3, 0.4) is 0 Å². The van der Waals surface area contributed by atoms with E-state index < -0.39 is 0 Å². The van der Waals surface area contributed by atoms with Gasteiger partial charge in [-0.25, -0.2) is 0 Å². The zero-order valence-electron chi connectivity index (χ0n) is 11.2. The Labute approximate surface area is 113 Å². The lowest BCUT2D eigenvalue weighted by atomic mass is 10.2. The maximum Gasteiger partial charge on any atom is 0.272 e. The van der Waals surface area contributed by atoms with Crippen LogP contribution in [-0.2, 0) is 4.74 Å². The minimum absolute atomic E-state index is 0.190. The third-order valence-electron chi connectivity index (χ3n) is 2.61. The van der Waals surface area contributed by atoms with Gasteiger partial charge in [0.15, 0.2) is 0 Å². The van der Waals surface area contributed by atoms with Crippen molar-refractivity contribution < 1.29 is 9.53 Å². The molecule has 0 aromatic carbocycles. The highest BCUT2D eigenvalue weighted by atomic mass is 16.5. The van der Waals surface area contributed by atoms with E-state index in [1.165, 1.54) is 0 Å². The van der Waals surface area contributed by atoms with Crippen LogP contribution in [0.1, 0.15) is 16.9 Å². The maximum absolute atomic E-state index is 12.3. The number of methoxy groups -OCH3 is 1. The van der Waals surface area contributed by atoms with Crippen LogP contribution in [0.2, 0.25) is 0 Å². The lowest BCUT2D eigenvalue weighted by molar-refractivity contribution is 0.0694. The van der Waals surface area contributed by atoms with Gasteiger partial charge in [0, 0.05) is 39.1 Å². The molecule has 0 bridgehead atoms. The molecule has 6 heteroatoms. The van der Waals surface area contributed by atoms with Crippen molar-refractivity contribution in [3.63, 3.8) is 0 Å². The van der Waals surface area contributed by atoms with E-state index >= 15 is 0 Å². The molecule has 102 valence electrons. The zero-order chi connectivity index (χ0) is 14.1. The summed E-state index contributed by atoms with van der Waals surface area (Å²) in [5.74, 6) is -0.190. The summed E-state index contributed by atoms with van der Waals surface area (Å²) >= 11 is 0. The molecule has 0 radical (unpaired) electrons. The average molecular weight is 262 g/mol. The molecule has 0 saturated carbocycles. The van der Waals surface area contributed by atoms with Gasteiger partial charge >= 0.3 is 0 Å². The van der Waals surface area contributed by atoms with Crippen molar-refractivity contribution in [2.24, 2.45) is 0 Å². The number of pyridine rings is 1. The van der Waals surface area contributed by atoms with Gasteiger partial charge in [-0.05, 0) is 12.1 Å². The fourth-order valence-electron chi connectivity index (χ4n) is 1.57. The first-order valence-corrected chi connectivity index (χ1v) is 6.02. The van der Waals surface area contributed by atoms with Gasteiger partial charge in [-0.2, -0.15) is 5.26 Å². The molecule has 1 amide bonds. The van der Waals surface area contributed by atoms with E-state index in [0.717, 1.165) is 5.69 Å². The number of rotatable bonds is 7. The number of carbonyl (C=O) groups excluding carboxylic acids is 1. The maximum atomic E-state index is 12.3. The minimum Gasteiger partial charge on any atom is -0.388 e. The van der Waals surface area contributed by atoms with E-state index in [-0.39, 0.29) is 5.91 Å². The zero-order valence-corrected chi connectivity index (χ0v) is 11.2. The number of anilines is 1. The Balaban J connectivity index is 2.81. The number of carbonyl (C=O) groups is 1. The molecule has 1 heterocycles. The van der Waals surface area contributed by atoms with Crippen LogP contribution in [0.4, 0.5) is 5.69 Å². The predicted octanol–water partition coefficient (Wildman–Crippen LogP) is 1.13. The second-order valence-electron chi connectivity index (χ2n) is 3.87. The van der Waals surface area contributed by atoms with Crippen LogP contribution in [0.25, 0.3) is 0 Å². The van der Waals surface area contributed by atoms with Crippen LogP contribution in [0.5, 0.6) is 0 Å². The lowest BCUT2D eigenvalue weighted by Gasteiger charge is -2.20. The third-order valence-corrected chi connectivity index (χ3v) is 2.61. The van der Waals surface area contributed by atoms with Crippen molar-refractivity contribution in [1.29, 1.82) is 5.26 Å². The summed E-state index contributed by atoms with van der Waals surface area (Å²) in [6, 6.07) is 5.51. The summed E-state index contributed by atoms with van der Waals surface area (Å²) in [4.78, 5) is 17.9. The summed E-state index contributed by atoms with van der Waals surface area (Å²) in [6.07, 6.45) is 1.87. The van der Waals surface area contributed by atoms with Gasteiger partial charge in [0.1, 0.15) is 5.69 Å². The number of nitrogens with zero attached hydrogens (tertiary/aromatic N) is 3. The molecular weight excluding hydrogens is 244 g/mol. The highest BCUT2D eigenvalue weighted by molar-refractivity contribution is 5.93. The number of ether oxygens (including phenoxy) is 1. The van der Waals surface area contributed by atoms with Crippen LogP contribution in [-0.4, -0.2) is 49.6 Å². The number of hydrogen-bond donors (Lipinski definition) is 1. The molecule has 0 aliphatic carbocycles. The lowest BCUT2D eigenvalue weighted by Crippen LogP contribution is -2.35. The SMILES string of the molecule is CNc1ccnc(C(=O)N(CCC#N)CCOC)c1. The minimum atomic E-state index is -0.190. The summed E-state index contributed by atoms with van der Waals surface area (Å²) in [5, 5.41) is 11.6. The van der Waals surface area contributed by atoms with Gasteiger partial charge in [0.05, 0.1) is 19.1 Å². The first-order valence-electron chi connectivity index (χ1n) is 6.02. The summed E-state index contributed by atoms with van der Waals surface area (Å²) in [5.41, 5.74) is 1.19. The second kappa shape index (κ2) is 8.06. The molecule has 1 N–H and O–H groups in total. The fraction of sp³-hybridized carbons (Fsp3) is 0.462. The molecule has 0 atom stereocenters. The van der Waals surface area contributed by atoms with Crippen molar-refractivity contribution in [3.8, 4) is 6.07 Å². The van der Waals surface area contributed by atoms with Crippen LogP contribution >= 0.6 is 0 Å². The van der Waals surface area contributed by atoms with Crippen molar-refractivity contribution in [2.75, 3.05) is 39.2 Å². The first kappa shape index (κ1) is 14.9. The van der Waals surface area contributed by atoms with Crippen LogP contribution < -0.4 is 5.32 Å². The molecule has 6 nitrogen and oxygen atoms in total. The largest absolute Gasteiger partial charge is 0.388 e. The van der Waals surface area contributed by atoms with Gasteiger partial charge < -0.3 is 15.0 Å². The molecule has 0 spiro atoms. The van der Waals surface area contributed by atoms with E-state index in [1.54, 1.807) is 37.4 Å². The molecule has 1 aromatic heterocycles. The van der Waals surface area contributed by atoms with Crippen molar-refractivity contribution in [2.45, 2.75) is 6.42 Å². The fourth-order valence-corrected chi connectivity index (χ4v) is 1.57. The van der Waals surface area contributed by atoms with Gasteiger partial charge in [0.2, 0.25) is 0 Å². The second-order valence-corrected chi connectivity index (χ2v) is 3.87. The van der Waals surface area contributed by atoms with E-state index in [4.69, 9.17) is 10.00 Å². The van der Waals surface area contributed by atoms with Crippen molar-refractivity contribution in [1.82, 2.24) is 9.88 Å². The molecule has 0 saturated heterocycles. The number of aromatic nitrogens is 1. The van der Waals surface area contributed by atoms with Crippen LogP contribution in [0.15, 0.2) is 18.3 Å². The normalized spacial score (nSPS) is 9.74. The number of amides is 1. The Morgan fingerprint density at radius 2 is 2.37 bits per heavy atom. The Bertz CT molecular complexity index is 456. The Morgan fingerprint density at radius 3 is 3.00 bits per heavy atom. The molecule has 1 aromatic rings. The Hall–Kier alpha value is -2.13. The first-order chi connectivity index (χ1) is 9.22. The van der Waals surface area contributed by atoms with Gasteiger partial charge in [-0.15, -0.1) is 0 Å². The van der Waals surface area contributed by atoms with E-state index in [2.05, 4.69) is 10.3 Å². The summed E-state index contributed by atoms with van der Waals surface area (Å²) in [6.45, 7) is 1.26.